The Bertz CT molecular complexity index is 613. The zero-order valence-corrected chi connectivity index (χ0v) is 10.3. The Morgan fingerprint density at radius 2 is 1.83 bits per heavy atom. The van der Waals surface area contributed by atoms with Gasteiger partial charge in [-0.25, -0.2) is 9.97 Å². The molecule has 92 valence electrons. The molecule has 0 saturated heterocycles. The zero-order valence-electron chi connectivity index (χ0n) is 8.80. The van der Waals surface area contributed by atoms with Crippen LogP contribution in [0.25, 0.3) is 11.3 Å². The van der Waals surface area contributed by atoms with Crippen LogP contribution in [0, 0.1) is 10.1 Å². The van der Waals surface area contributed by atoms with Crippen LogP contribution < -0.4 is 5.73 Å². The molecule has 0 atom stereocenters. The summed E-state index contributed by atoms with van der Waals surface area (Å²) in [6.07, 6.45) is 1.05. The first-order valence-electron chi connectivity index (χ1n) is 4.71. The molecule has 0 bridgehead atoms. The van der Waals surface area contributed by atoms with Crippen molar-refractivity contribution in [2.75, 3.05) is 5.73 Å². The molecule has 0 saturated carbocycles. The Morgan fingerprint density at radius 3 is 2.39 bits per heavy atom. The minimum atomic E-state index is -0.594. The Labute approximate surface area is 112 Å². The monoisotopic (exact) mass is 284 g/mol. The first kappa shape index (κ1) is 12.5. The molecule has 0 aliphatic rings. The average Bonchev–Trinajstić information content (AvgIpc) is 2.27. The second-order valence-electron chi connectivity index (χ2n) is 3.38. The lowest BCUT2D eigenvalue weighted by molar-refractivity contribution is -0.384. The van der Waals surface area contributed by atoms with E-state index in [0.29, 0.717) is 15.6 Å². The molecule has 18 heavy (non-hydrogen) atoms. The molecule has 0 unspecified atom stereocenters. The topological polar surface area (TPSA) is 94.9 Å². The van der Waals surface area contributed by atoms with Crippen LogP contribution in [0.3, 0.4) is 0 Å². The largest absolute Gasteiger partial charge is 0.368 e. The Hall–Kier alpha value is -1.92. The van der Waals surface area contributed by atoms with E-state index in [1.165, 1.54) is 18.2 Å². The number of nitrogen functional groups attached to an aromatic ring is 1. The van der Waals surface area contributed by atoms with Crippen LogP contribution in [0.15, 0.2) is 24.4 Å². The van der Waals surface area contributed by atoms with Crippen molar-refractivity contribution in [1.29, 1.82) is 0 Å². The molecule has 2 aromatic rings. The molecule has 0 aliphatic carbocycles. The highest BCUT2D eigenvalue weighted by atomic mass is 35.5. The third kappa shape index (κ3) is 2.49. The molecular formula is C10H6Cl2N4O2. The molecule has 0 amide bonds. The fourth-order valence-corrected chi connectivity index (χ4v) is 1.95. The lowest BCUT2D eigenvalue weighted by Gasteiger charge is -2.04. The van der Waals surface area contributed by atoms with Crippen LogP contribution in [0.4, 0.5) is 11.6 Å². The van der Waals surface area contributed by atoms with E-state index < -0.39 is 4.92 Å². The Kier molecular flexibility index (Phi) is 3.31. The van der Waals surface area contributed by atoms with Crippen molar-refractivity contribution in [2.45, 2.75) is 0 Å². The SMILES string of the molecule is Nc1ncc([N+](=O)[O-])c(-c2cc(Cl)cc(Cl)c2)n1. The summed E-state index contributed by atoms with van der Waals surface area (Å²) >= 11 is 11.7. The zero-order chi connectivity index (χ0) is 13.3. The summed E-state index contributed by atoms with van der Waals surface area (Å²) in [5.74, 6) is -0.0632. The summed E-state index contributed by atoms with van der Waals surface area (Å²) in [5.41, 5.74) is 5.66. The first-order valence-corrected chi connectivity index (χ1v) is 5.46. The average molecular weight is 285 g/mol. The number of hydrogen-bond acceptors (Lipinski definition) is 5. The van der Waals surface area contributed by atoms with Gasteiger partial charge in [0, 0.05) is 15.6 Å². The number of anilines is 1. The third-order valence-electron chi connectivity index (χ3n) is 2.12. The standard InChI is InChI=1S/C10H6Cl2N4O2/c11-6-1-5(2-7(12)3-6)9-8(16(17)18)4-14-10(13)15-9/h1-4H,(H2,13,14,15). The number of hydrogen-bond donors (Lipinski definition) is 1. The number of nitrogens with two attached hydrogens (primary N) is 1. The van der Waals surface area contributed by atoms with Crippen molar-refractivity contribution in [2.24, 2.45) is 0 Å². The smallest absolute Gasteiger partial charge is 0.313 e. The van der Waals surface area contributed by atoms with Crippen LogP contribution in [0.5, 0.6) is 0 Å². The van der Waals surface area contributed by atoms with Crippen molar-refractivity contribution in [3.05, 3.63) is 44.6 Å². The van der Waals surface area contributed by atoms with Gasteiger partial charge in [-0.2, -0.15) is 0 Å². The summed E-state index contributed by atoms with van der Waals surface area (Å²) in [6.45, 7) is 0. The van der Waals surface area contributed by atoms with Gasteiger partial charge in [0.1, 0.15) is 6.20 Å². The maximum atomic E-state index is 10.9. The highest BCUT2D eigenvalue weighted by Gasteiger charge is 2.19. The van der Waals surface area contributed by atoms with Crippen molar-refractivity contribution in [1.82, 2.24) is 9.97 Å². The second-order valence-corrected chi connectivity index (χ2v) is 4.25. The maximum Gasteiger partial charge on any atom is 0.313 e. The van der Waals surface area contributed by atoms with Gasteiger partial charge in [0.15, 0.2) is 5.69 Å². The molecule has 0 spiro atoms. The molecule has 1 aromatic carbocycles. The summed E-state index contributed by atoms with van der Waals surface area (Å²) in [5, 5.41) is 11.6. The number of nitro groups is 1. The fourth-order valence-electron chi connectivity index (χ4n) is 1.43. The van der Waals surface area contributed by atoms with Gasteiger partial charge in [0.2, 0.25) is 5.95 Å². The van der Waals surface area contributed by atoms with Gasteiger partial charge in [0.25, 0.3) is 0 Å². The number of aromatic nitrogens is 2. The van der Waals surface area contributed by atoms with Gasteiger partial charge in [-0.15, -0.1) is 0 Å². The van der Waals surface area contributed by atoms with Gasteiger partial charge in [-0.05, 0) is 18.2 Å². The lowest BCUT2D eigenvalue weighted by Crippen LogP contribution is -2.01. The molecule has 0 aliphatic heterocycles. The van der Waals surface area contributed by atoms with Gasteiger partial charge >= 0.3 is 5.69 Å². The van der Waals surface area contributed by atoms with E-state index in [1.807, 2.05) is 0 Å². The summed E-state index contributed by atoms with van der Waals surface area (Å²) in [7, 11) is 0. The number of rotatable bonds is 2. The number of halogens is 2. The maximum absolute atomic E-state index is 10.9. The minimum Gasteiger partial charge on any atom is -0.368 e. The molecule has 2 N–H and O–H groups in total. The van der Waals surface area contributed by atoms with E-state index in [4.69, 9.17) is 28.9 Å². The molecule has 1 heterocycles. The number of benzene rings is 1. The van der Waals surface area contributed by atoms with E-state index in [0.717, 1.165) is 6.20 Å². The predicted molar refractivity (Wildman–Crippen MR) is 68.6 cm³/mol. The first-order chi connectivity index (χ1) is 8.47. The van der Waals surface area contributed by atoms with E-state index in [-0.39, 0.29) is 17.3 Å². The van der Waals surface area contributed by atoms with Crippen LogP contribution >= 0.6 is 23.2 Å². The lowest BCUT2D eigenvalue weighted by atomic mass is 10.1. The molecule has 0 fully saturated rings. The normalized spacial score (nSPS) is 10.3. The second kappa shape index (κ2) is 4.75. The fraction of sp³-hybridized carbons (Fsp3) is 0. The molecule has 8 heteroatoms. The highest BCUT2D eigenvalue weighted by molar-refractivity contribution is 6.35. The van der Waals surface area contributed by atoms with Crippen molar-refractivity contribution in [3.8, 4) is 11.3 Å². The summed E-state index contributed by atoms with van der Waals surface area (Å²) in [6, 6.07) is 4.55. The summed E-state index contributed by atoms with van der Waals surface area (Å²) < 4.78 is 0. The van der Waals surface area contributed by atoms with E-state index in [1.54, 1.807) is 0 Å². The molecule has 1 aromatic heterocycles. The van der Waals surface area contributed by atoms with Crippen LogP contribution in [-0.2, 0) is 0 Å². The molecule has 6 nitrogen and oxygen atoms in total. The van der Waals surface area contributed by atoms with E-state index >= 15 is 0 Å². The highest BCUT2D eigenvalue weighted by Crippen LogP contribution is 2.31. The van der Waals surface area contributed by atoms with Crippen LogP contribution in [-0.4, -0.2) is 14.9 Å². The minimum absolute atomic E-state index is 0.0632. The molecule has 2 rings (SSSR count). The third-order valence-corrected chi connectivity index (χ3v) is 2.56. The molecular weight excluding hydrogens is 279 g/mol. The molecule has 0 radical (unpaired) electrons. The van der Waals surface area contributed by atoms with Crippen molar-refractivity contribution >= 4 is 34.8 Å². The van der Waals surface area contributed by atoms with Crippen molar-refractivity contribution < 1.29 is 4.92 Å². The van der Waals surface area contributed by atoms with Crippen LogP contribution in [0.1, 0.15) is 0 Å². The van der Waals surface area contributed by atoms with E-state index in [9.17, 15) is 10.1 Å². The Balaban J connectivity index is 2.68. The van der Waals surface area contributed by atoms with Gasteiger partial charge in [0.05, 0.1) is 4.92 Å². The quantitative estimate of drug-likeness (QED) is 0.676. The van der Waals surface area contributed by atoms with Crippen LogP contribution in [0.2, 0.25) is 10.0 Å². The summed E-state index contributed by atoms with van der Waals surface area (Å²) in [4.78, 5) is 17.7. The van der Waals surface area contributed by atoms with Gasteiger partial charge in [-0.3, -0.25) is 10.1 Å². The number of nitrogens with zero attached hydrogens (tertiary/aromatic N) is 3. The Morgan fingerprint density at radius 1 is 1.22 bits per heavy atom. The van der Waals surface area contributed by atoms with E-state index in [2.05, 4.69) is 9.97 Å². The van der Waals surface area contributed by atoms with Gasteiger partial charge in [-0.1, -0.05) is 23.2 Å². The van der Waals surface area contributed by atoms with Gasteiger partial charge < -0.3 is 5.73 Å². The van der Waals surface area contributed by atoms with Crippen molar-refractivity contribution in [3.63, 3.8) is 0 Å². The predicted octanol–water partition coefficient (Wildman–Crippen LogP) is 2.94.